The van der Waals surface area contributed by atoms with Gasteiger partial charge in [0.05, 0.1) is 5.38 Å². The Bertz CT molecular complexity index is 291. The molecular weight excluding hydrogens is 216 g/mol. The van der Waals surface area contributed by atoms with Gasteiger partial charge in [-0.3, -0.25) is 0 Å². The van der Waals surface area contributed by atoms with Gasteiger partial charge in [-0.25, -0.2) is 0 Å². The first kappa shape index (κ1) is 12.5. The third kappa shape index (κ3) is 3.80. The number of rotatable bonds is 6. The largest absolute Gasteiger partial charge is 0.384 e. The molecule has 1 aromatic heterocycles. The van der Waals surface area contributed by atoms with E-state index in [9.17, 15) is 0 Å². The first-order valence-electron chi connectivity index (χ1n) is 5.12. The third-order valence-electron chi connectivity index (χ3n) is 2.10. The Hall–Kier alpha value is -0.610. The van der Waals surface area contributed by atoms with E-state index in [1.54, 1.807) is 7.11 Å². The summed E-state index contributed by atoms with van der Waals surface area (Å²) in [6.45, 7) is 4.75. The highest BCUT2D eigenvalue weighted by Gasteiger charge is 2.15. The molecule has 0 bridgehead atoms. The standard InChI is InChI=1S/C10H17ClN2O2/c1-4-8(11)10-12-9(15-13-10)5-7(2)6-14-3/h7-8H,4-6H2,1-3H3. The van der Waals surface area contributed by atoms with Crippen molar-refractivity contribution in [1.29, 1.82) is 0 Å². The maximum absolute atomic E-state index is 5.99. The molecule has 0 aromatic carbocycles. The fourth-order valence-corrected chi connectivity index (χ4v) is 1.39. The molecule has 2 unspecified atom stereocenters. The highest BCUT2D eigenvalue weighted by atomic mass is 35.5. The molecule has 0 aliphatic heterocycles. The van der Waals surface area contributed by atoms with Crippen LogP contribution in [-0.2, 0) is 11.2 Å². The lowest BCUT2D eigenvalue weighted by molar-refractivity contribution is 0.155. The summed E-state index contributed by atoms with van der Waals surface area (Å²) in [6, 6.07) is 0. The summed E-state index contributed by atoms with van der Waals surface area (Å²) in [4.78, 5) is 4.24. The van der Waals surface area contributed by atoms with Gasteiger partial charge in [0.2, 0.25) is 5.89 Å². The molecule has 0 amide bonds. The molecule has 1 rings (SSSR count). The lowest BCUT2D eigenvalue weighted by Crippen LogP contribution is -2.07. The molecular formula is C10H17ClN2O2. The van der Waals surface area contributed by atoms with Crippen LogP contribution in [0.2, 0.25) is 0 Å². The molecule has 0 spiro atoms. The molecule has 1 aromatic rings. The molecule has 4 nitrogen and oxygen atoms in total. The van der Waals surface area contributed by atoms with Crippen LogP contribution in [0.5, 0.6) is 0 Å². The van der Waals surface area contributed by atoms with Crippen LogP contribution in [0.15, 0.2) is 4.52 Å². The van der Waals surface area contributed by atoms with Crippen molar-refractivity contribution in [2.24, 2.45) is 5.92 Å². The number of alkyl halides is 1. The van der Waals surface area contributed by atoms with Gasteiger partial charge in [-0.2, -0.15) is 4.98 Å². The van der Waals surface area contributed by atoms with Gasteiger partial charge in [-0.1, -0.05) is 19.0 Å². The van der Waals surface area contributed by atoms with Crippen molar-refractivity contribution in [2.75, 3.05) is 13.7 Å². The fraction of sp³-hybridized carbons (Fsp3) is 0.800. The second-order valence-electron chi connectivity index (χ2n) is 3.69. The minimum Gasteiger partial charge on any atom is -0.384 e. The van der Waals surface area contributed by atoms with Crippen molar-refractivity contribution in [2.45, 2.75) is 32.1 Å². The van der Waals surface area contributed by atoms with E-state index in [0.717, 1.165) is 12.8 Å². The zero-order valence-corrected chi connectivity index (χ0v) is 10.1. The Kier molecular flexibility index (Phi) is 5.05. The highest BCUT2D eigenvalue weighted by molar-refractivity contribution is 6.20. The zero-order chi connectivity index (χ0) is 11.3. The molecule has 86 valence electrons. The topological polar surface area (TPSA) is 48.2 Å². The van der Waals surface area contributed by atoms with Gasteiger partial charge >= 0.3 is 0 Å². The van der Waals surface area contributed by atoms with Gasteiger partial charge in [0.25, 0.3) is 0 Å². The number of aromatic nitrogens is 2. The average Bonchev–Trinajstić information content (AvgIpc) is 2.65. The Labute approximate surface area is 95.0 Å². The van der Waals surface area contributed by atoms with E-state index in [4.69, 9.17) is 20.9 Å². The minimum atomic E-state index is -0.153. The van der Waals surface area contributed by atoms with E-state index in [1.165, 1.54) is 0 Å². The molecule has 0 aliphatic carbocycles. The normalized spacial score (nSPS) is 15.2. The summed E-state index contributed by atoms with van der Waals surface area (Å²) < 4.78 is 10.1. The summed E-state index contributed by atoms with van der Waals surface area (Å²) in [5.74, 6) is 1.59. The fourth-order valence-electron chi connectivity index (χ4n) is 1.30. The van der Waals surface area contributed by atoms with E-state index in [2.05, 4.69) is 17.1 Å². The molecule has 15 heavy (non-hydrogen) atoms. The van der Waals surface area contributed by atoms with Gasteiger partial charge in [0.15, 0.2) is 5.82 Å². The smallest absolute Gasteiger partial charge is 0.227 e. The molecule has 0 aliphatic rings. The van der Waals surface area contributed by atoms with E-state index < -0.39 is 0 Å². The summed E-state index contributed by atoms with van der Waals surface area (Å²) >= 11 is 5.99. The van der Waals surface area contributed by atoms with Gasteiger partial charge in [0.1, 0.15) is 0 Å². The number of hydrogen-bond acceptors (Lipinski definition) is 4. The molecule has 1 heterocycles. The van der Waals surface area contributed by atoms with Gasteiger partial charge in [0, 0.05) is 20.1 Å². The molecule has 0 radical (unpaired) electrons. The summed E-state index contributed by atoms with van der Waals surface area (Å²) in [6.07, 6.45) is 1.53. The van der Waals surface area contributed by atoms with Crippen LogP contribution in [0.3, 0.4) is 0 Å². The van der Waals surface area contributed by atoms with Crippen molar-refractivity contribution >= 4 is 11.6 Å². The van der Waals surface area contributed by atoms with Gasteiger partial charge < -0.3 is 9.26 Å². The van der Waals surface area contributed by atoms with Crippen molar-refractivity contribution in [3.05, 3.63) is 11.7 Å². The van der Waals surface area contributed by atoms with Crippen LogP contribution in [0.25, 0.3) is 0 Å². The molecule has 0 fully saturated rings. The lowest BCUT2D eigenvalue weighted by Gasteiger charge is -2.05. The monoisotopic (exact) mass is 232 g/mol. The van der Waals surface area contributed by atoms with Crippen LogP contribution in [0, 0.1) is 5.92 Å². The highest BCUT2D eigenvalue weighted by Crippen LogP contribution is 2.21. The van der Waals surface area contributed by atoms with Crippen LogP contribution in [0.4, 0.5) is 0 Å². The van der Waals surface area contributed by atoms with Crippen LogP contribution < -0.4 is 0 Å². The first-order chi connectivity index (χ1) is 7.17. The molecule has 0 N–H and O–H groups in total. The Balaban J connectivity index is 2.52. The first-order valence-corrected chi connectivity index (χ1v) is 5.56. The number of ether oxygens (including phenoxy) is 1. The maximum atomic E-state index is 5.99. The number of nitrogens with zero attached hydrogens (tertiary/aromatic N) is 2. The lowest BCUT2D eigenvalue weighted by atomic mass is 10.1. The Morgan fingerprint density at radius 2 is 2.27 bits per heavy atom. The van der Waals surface area contributed by atoms with Gasteiger partial charge in [-0.05, 0) is 12.3 Å². The SMILES string of the molecule is CCC(Cl)c1noc(CC(C)COC)n1. The van der Waals surface area contributed by atoms with E-state index >= 15 is 0 Å². The second kappa shape index (κ2) is 6.08. The zero-order valence-electron chi connectivity index (χ0n) is 9.36. The third-order valence-corrected chi connectivity index (χ3v) is 2.60. The van der Waals surface area contributed by atoms with Crippen molar-refractivity contribution in [3.8, 4) is 0 Å². The maximum Gasteiger partial charge on any atom is 0.227 e. The van der Waals surface area contributed by atoms with Crippen LogP contribution in [-0.4, -0.2) is 23.9 Å². The van der Waals surface area contributed by atoms with E-state index in [0.29, 0.717) is 24.2 Å². The van der Waals surface area contributed by atoms with Crippen molar-refractivity contribution < 1.29 is 9.26 Å². The molecule has 0 saturated heterocycles. The predicted molar refractivity (Wildman–Crippen MR) is 57.9 cm³/mol. The summed E-state index contributed by atoms with van der Waals surface area (Å²) in [7, 11) is 1.68. The van der Waals surface area contributed by atoms with Crippen LogP contribution in [0.1, 0.15) is 37.4 Å². The Morgan fingerprint density at radius 1 is 1.53 bits per heavy atom. The van der Waals surface area contributed by atoms with E-state index in [-0.39, 0.29) is 5.38 Å². The van der Waals surface area contributed by atoms with Crippen LogP contribution >= 0.6 is 11.6 Å². The summed E-state index contributed by atoms with van der Waals surface area (Å²) in [5.41, 5.74) is 0. The quantitative estimate of drug-likeness (QED) is 0.708. The molecule has 5 heteroatoms. The number of methoxy groups -OCH3 is 1. The van der Waals surface area contributed by atoms with Gasteiger partial charge in [-0.15, -0.1) is 11.6 Å². The van der Waals surface area contributed by atoms with E-state index in [1.807, 2.05) is 6.92 Å². The second-order valence-corrected chi connectivity index (χ2v) is 4.21. The number of halogens is 1. The Morgan fingerprint density at radius 3 is 2.87 bits per heavy atom. The molecule has 2 atom stereocenters. The van der Waals surface area contributed by atoms with Crippen molar-refractivity contribution in [3.63, 3.8) is 0 Å². The number of hydrogen-bond donors (Lipinski definition) is 0. The van der Waals surface area contributed by atoms with Crippen molar-refractivity contribution in [1.82, 2.24) is 10.1 Å². The minimum absolute atomic E-state index is 0.153. The summed E-state index contributed by atoms with van der Waals surface area (Å²) in [5, 5.41) is 3.69. The predicted octanol–water partition coefficient (Wildman–Crippen LogP) is 2.58. The average molecular weight is 233 g/mol. The molecule has 0 saturated carbocycles.